The second-order valence-electron chi connectivity index (χ2n) is 5.03. The summed E-state index contributed by atoms with van der Waals surface area (Å²) >= 11 is 1.56. The third-order valence-corrected chi connectivity index (χ3v) is 6.95. The molecule has 21 heavy (non-hydrogen) atoms. The van der Waals surface area contributed by atoms with E-state index in [1.807, 2.05) is 39.0 Å². The Morgan fingerprint density at radius 3 is 2.05 bits per heavy atom. The first-order valence-corrected chi connectivity index (χ1v) is 8.99. The summed E-state index contributed by atoms with van der Waals surface area (Å²) in [5.41, 5.74) is 2.76. The molecule has 0 radical (unpaired) electrons. The zero-order chi connectivity index (χ0) is 15.6. The maximum atomic E-state index is 13.1. The highest BCUT2D eigenvalue weighted by Crippen LogP contribution is 2.51. The van der Waals surface area contributed by atoms with Gasteiger partial charge in [0, 0.05) is 10.9 Å². The van der Waals surface area contributed by atoms with Gasteiger partial charge in [0.15, 0.2) is 0 Å². The minimum absolute atomic E-state index is 0.420. The predicted octanol–water partition coefficient (Wildman–Crippen LogP) is 4.72. The number of hydrogen-bond acceptors (Lipinski definition) is 3. The number of carbonyl (C=O) groups is 1. The van der Waals surface area contributed by atoms with Gasteiger partial charge in [-0.1, -0.05) is 35.9 Å². The van der Waals surface area contributed by atoms with Crippen molar-refractivity contribution in [2.24, 2.45) is 0 Å². The molecular weight excluding hydrogens is 398 g/mol. The van der Waals surface area contributed by atoms with Crippen LogP contribution >= 0.6 is 30.4 Å². The minimum atomic E-state index is -3.59. The summed E-state index contributed by atoms with van der Waals surface area (Å²) in [4.78, 5) is 12.9. The zero-order valence-corrected chi connectivity index (χ0v) is 15.1. The zero-order valence-electron chi connectivity index (χ0n) is 12.1. The van der Waals surface area contributed by atoms with Crippen molar-refractivity contribution in [2.45, 2.75) is 20.8 Å². The number of rotatable bonds is 4. The molecule has 0 aliphatic heterocycles. The normalized spacial score (nSPS) is 13.7. The highest BCUT2D eigenvalue weighted by Gasteiger charge is 2.37. The molecule has 2 aromatic carbocycles. The smallest absolute Gasteiger partial charge is 0.282 e. The van der Waals surface area contributed by atoms with E-state index in [1.54, 1.807) is 47.3 Å². The van der Waals surface area contributed by atoms with E-state index in [-0.39, 0.29) is 0 Å². The highest BCUT2D eigenvalue weighted by atomic mass is 127. The van der Waals surface area contributed by atoms with Gasteiger partial charge in [-0.2, -0.15) is 0 Å². The van der Waals surface area contributed by atoms with Crippen LogP contribution in [0.3, 0.4) is 0 Å². The molecule has 2 aromatic rings. The molecule has 0 bridgehead atoms. The molecule has 110 valence electrons. The van der Waals surface area contributed by atoms with Crippen LogP contribution in [0.5, 0.6) is 0 Å². The SMILES string of the molecule is Cc1cc(C)c(C(=O)P(=O)(OI)c2ccccc2)c(C)c1. The quantitative estimate of drug-likeness (QED) is 0.537. The van der Waals surface area contributed by atoms with Crippen LogP contribution in [0.4, 0.5) is 0 Å². The molecule has 5 heteroatoms. The van der Waals surface area contributed by atoms with Crippen LogP contribution in [0.2, 0.25) is 0 Å². The molecule has 0 fully saturated rings. The third-order valence-electron chi connectivity index (χ3n) is 3.35. The van der Waals surface area contributed by atoms with Crippen molar-refractivity contribution in [3.05, 3.63) is 64.7 Å². The molecule has 0 N–H and O–H groups in total. The van der Waals surface area contributed by atoms with Crippen molar-refractivity contribution in [1.82, 2.24) is 0 Å². The summed E-state index contributed by atoms with van der Waals surface area (Å²) in [6.45, 7) is 5.69. The van der Waals surface area contributed by atoms with Gasteiger partial charge >= 0.3 is 7.37 Å². The summed E-state index contributed by atoms with van der Waals surface area (Å²) in [7, 11) is -3.59. The monoisotopic (exact) mass is 414 g/mol. The number of halogens is 1. The minimum Gasteiger partial charge on any atom is -0.282 e. The molecular formula is C16H16IO3P. The van der Waals surface area contributed by atoms with Crippen molar-refractivity contribution in [1.29, 1.82) is 0 Å². The van der Waals surface area contributed by atoms with Crippen LogP contribution in [0.1, 0.15) is 27.0 Å². The van der Waals surface area contributed by atoms with Crippen molar-refractivity contribution < 1.29 is 12.2 Å². The predicted molar refractivity (Wildman–Crippen MR) is 93.8 cm³/mol. The van der Waals surface area contributed by atoms with Gasteiger partial charge in [0.25, 0.3) is 5.52 Å². The lowest BCUT2D eigenvalue weighted by atomic mass is 10.0. The van der Waals surface area contributed by atoms with Crippen molar-refractivity contribution in [2.75, 3.05) is 0 Å². The van der Waals surface area contributed by atoms with E-state index in [0.717, 1.165) is 16.7 Å². The number of carbonyl (C=O) groups excluding carboxylic acids is 1. The van der Waals surface area contributed by atoms with Crippen LogP contribution < -0.4 is 5.30 Å². The molecule has 0 aromatic heterocycles. The van der Waals surface area contributed by atoms with Gasteiger partial charge in [-0.05, 0) is 44.0 Å². The van der Waals surface area contributed by atoms with Crippen LogP contribution in [-0.4, -0.2) is 5.52 Å². The molecule has 0 heterocycles. The summed E-state index contributed by atoms with van der Waals surface area (Å²) in [5.74, 6) is 0. The van der Waals surface area contributed by atoms with Gasteiger partial charge < -0.3 is 0 Å². The van der Waals surface area contributed by atoms with Crippen LogP contribution in [0.15, 0.2) is 42.5 Å². The molecule has 0 aliphatic carbocycles. The Labute approximate surface area is 138 Å². The standard InChI is InChI=1S/C16H16IO3P/c1-11-9-12(2)15(13(3)10-11)16(18)21(19,20-17)14-7-5-4-6-8-14/h4-10H,1-3H3. The first-order chi connectivity index (χ1) is 9.90. The van der Waals surface area contributed by atoms with Crippen LogP contribution in [0, 0.1) is 20.8 Å². The largest absolute Gasteiger partial charge is 0.310 e. The lowest BCUT2D eigenvalue weighted by molar-refractivity contribution is 0.106. The molecule has 0 spiro atoms. The summed E-state index contributed by atoms with van der Waals surface area (Å²) < 4.78 is 18.3. The maximum Gasteiger partial charge on any atom is 0.310 e. The Bertz CT molecular complexity index is 703. The van der Waals surface area contributed by atoms with Gasteiger partial charge in [0.2, 0.25) is 0 Å². The van der Waals surface area contributed by atoms with E-state index in [1.165, 1.54) is 0 Å². The molecule has 0 aliphatic rings. The fourth-order valence-corrected chi connectivity index (χ4v) is 5.28. The van der Waals surface area contributed by atoms with E-state index >= 15 is 0 Å². The lowest BCUT2D eigenvalue weighted by Gasteiger charge is -2.17. The average Bonchev–Trinajstić information content (AvgIpc) is 2.46. The number of benzene rings is 2. The number of aryl methyl sites for hydroxylation is 3. The summed E-state index contributed by atoms with van der Waals surface area (Å²) in [5, 5.41) is 0.420. The van der Waals surface area contributed by atoms with E-state index in [0.29, 0.717) is 10.9 Å². The van der Waals surface area contributed by atoms with Gasteiger partial charge in [-0.3, -0.25) is 9.36 Å². The summed E-state index contributed by atoms with van der Waals surface area (Å²) in [6, 6.07) is 12.5. The highest BCUT2D eigenvalue weighted by molar-refractivity contribution is 14.1. The maximum absolute atomic E-state index is 13.1. The molecule has 1 unspecified atom stereocenters. The third kappa shape index (κ3) is 3.12. The fourth-order valence-electron chi connectivity index (χ4n) is 2.48. The molecule has 0 amide bonds. The molecule has 0 saturated heterocycles. The molecule has 1 atom stereocenters. The molecule has 0 saturated carbocycles. The van der Waals surface area contributed by atoms with Crippen molar-refractivity contribution in [3.63, 3.8) is 0 Å². The topological polar surface area (TPSA) is 43.4 Å². The molecule has 3 nitrogen and oxygen atoms in total. The van der Waals surface area contributed by atoms with E-state index < -0.39 is 12.9 Å². The Morgan fingerprint density at radius 1 is 1.05 bits per heavy atom. The van der Waals surface area contributed by atoms with Gasteiger partial charge in [-0.15, -0.1) is 0 Å². The van der Waals surface area contributed by atoms with Gasteiger partial charge in [0.1, 0.15) is 23.0 Å². The lowest BCUT2D eigenvalue weighted by Crippen LogP contribution is -2.15. The van der Waals surface area contributed by atoms with Gasteiger partial charge in [0.05, 0.1) is 0 Å². The van der Waals surface area contributed by atoms with E-state index in [9.17, 15) is 9.36 Å². The number of hydrogen-bond donors (Lipinski definition) is 0. The average molecular weight is 414 g/mol. The second-order valence-corrected chi connectivity index (χ2v) is 8.38. The summed E-state index contributed by atoms with van der Waals surface area (Å²) in [6.07, 6.45) is 0. The Morgan fingerprint density at radius 2 is 1.57 bits per heavy atom. The first-order valence-electron chi connectivity index (χ1n) is 6.49. The van der Waals surface area contributed by atoms with Crippen molar-refractivity contribution in [3.8, 4) is 0 Å². The van der Waals surface area contributed by atoms with E-state index in [2.05, 4.69) is 0 Å². The van der Waals surface area contributed by atoms with Gasteiger partial charge in [-0.25, -0.2) is 2.85 Å². The molecule has 2 rings (SSSR count). The Kier molecular flexibility index (Phi) is 5.02. The van der Waals surface area contributed by atoms with Crippen molar-refractivity contribution >= 4 is 41.2 Å². The van der Waals surface area contributed by atoms with Crippen LogP contribution in [-0.2, 0) is 7.42 Å². The fraction of sp³-hybridized carbons (Fsp3) is 0.188. The Balaban J connectivity index is 2.60. The Hall–Kier alpha value is -0.970. The second kappa shape index (κ2) is 6.42. The van der Waals surface area contributed by atoms with E-state index in [4.69, 9.17) is 2.85 Å². The van der Waals surface area contributed by atoms with Crippen LogP contribution in [0.25, 0.3) is 0 Å². The first kappa shape index (κ1) is 16.4.